The van der Waals surface area contributed by atoms with E-state index >= 15 is 0 Å². The van der Waals surface area contributed by atoms with Gasteiger partial charge in [0.1, 0.15) is 6.10 Å². The summed E-state index contributed by atoms with van der Waals surface area (Å²) in [6, 6.07) is 8.19. The van der Waals surface area contributed by atoms with Crippen LogP contribution in [0.2, 0.25) is 0 Å². The Kier molecular flexibility index (Phi) is 5.43. The van der Waals surface area contributed by atoms with Crippen molar-refractivity contribution in [2.45, 2.75) is 50.9 Å². The van der Waals surface area contributed by atoms with Crippen LogP contribution in [0.3, 0.4) is 0 Å². The van der Waals surface area contributed by atoms with Crippen LogP contribution in [0.1, 0.15) is 36.8 Å². The minimum Gasteiger partial charge on any atom is -0.359 e. The smallest absolute Gasteiger partial charge is 0.250 e. The molecule has 1 N–H and O–H groups in total. The van der Waals surface area contributed by atoms with E-state index in [4.69, 9.17) is 4.74 Å². The fourth-order valence-corrected chi connectivity index (χ4v) is 4.36. The molecule has 1 aromatic carbocycles. The molecule has 28 heavy (non-hydrogen) atoms. The number of morpholine rings is 1. The highest BCUT2D eigenvalue weighted by molar-refractivity contribution is 5.81. The minimum absolute atomic E-state index is 0.0528. The normalized spacial score (nSPS) is 24.9. The van der Waals surface area contributed by atoms with Gasteiger partial charge in [-0.15, -0.1) is 0 Å². The predicted octanol–water partition coefficient (Wildman–Crippen LogP) is 1.71. The van der Waals surface area contributed by atoms with Gasteiger partial charge in [0.15, 0.2) is 0 Å². The lowest BCUT2D eigenvalue weighted by Gasteiger charge is -2.48. The van der Waals surface area contributed by atoms with E-state index in [2.05, 4.69) is 29.3 Å². The van der Waals surface area contributed by atoms with Crippen molar-refractivity contribution in [2.75, 3.05) is 33.2 Å². The first-order valence-corrected chi connectivity index (χ1v) is 10.4. The van der Waals surface area contributed by atoms with Gasteiger partial charge in [-0.25, -0.2) is 0 Å². The van der Waals surface area contributed by atoms with E-state index in [0.29, 0.717) is 19.0 Å². The van der Waals surface area contributed by atoms with Crippen molar-refractivity contribution in [3.05, 3.63) is 35.4 Å². The van der Waals surface area contributed by atoms with Gasteiger partial charge >= 0.3 is 0 Å². The largest absolute Gasteiger partial charge is 0.359 e. The number of carbonyl (C=O) groups excluding carboxylic acids is 2. The molecule has 1 atom stereocenters. The van der Waals surface area contributed by atoms with Gasteiger partial charge in [0.25, 0.3) is 5.91 Å². The van der Waals surface area contributed by atoms with Gasteiger partial charge in [0, 0.05) is 38.6 Å². The van der Waals surface area contributed by atoms with Crippen LogP contribution in [0.25, 0.3) is 0 Å². The Morgan fingerprint density at radius 2 is 1.86 bits per heavy atom. The molecule has 2 aliphatic heterocycles. The molecule has 2 saturated heterocycles. The molecule has 0 radical (unpaired) electrons. The van der Waals surface area contributed by atoms with Gasteiger partial charge in [-0.3, -0.25) is 9.59 Å². The molecule has 1 unspecified atom stereocenters. The molecule has 6 heteroatoms. The summed E-state index contributed by atoms with van der Waals surface area (Å²) in [6.45, 7) is 5.46. The highest BCUT2D eigenvalue weighted by Crippen LogP contribution is 2.36. The number of rotatable bonds is 4. The molecule has 0 bridgehead atoms. The van der Waals surface area contributed by atoms with Crippen LogP contribution in [0.5, 0.6) is 0 Å². The first-order valence-electron chi connectivity index (χ1n) is 10.4. The maximum absolute atomic E-state index is 12.8. The third-order valence-corrected chi connectivity index (χ3v) is 6.22. The topological polar surface area (TPSA) is 61.9 Å². The van der Waals surface area contributed by atoms with Gasteiger partial charge in [-0.1, -0.05) is 29.8 Å². The van der Waals surface area contributed by atoms with Crippen molar-refractivity contribution in [3.63, 3.8) is 0 Å². The molecule has 1 spiro atoms. The predicted molar refractivity (Wildman–Crippen MR) is 107 cm³/mol. The molecule has 3 fully saturated rings. The fraction of sp³-hybridized carbons (Fsp3) is 0.636. The molecule has 2 heterocycles. The second-order valence-electron chi connectivity index (χ2n) is 8.79. The summed E-state index contributed by atoms with van der Waals surface area (Å²) in [5.74, 6) is 0.527. The molecule has 1 saturated carbocycles. The summed E-state index contributed by atoms with van der Waals surface area (Å²) in [5.41, 5.74) is 1.98. The molecule has 2 amide bonds. The summed E-state index contributed by atoms with van der Waals surface area (Å²) < 4.78 is 6.37. The maximum atomic E-state index is 12.8. The Labute approximate surface area is 167 Å². The summed E-state index contributed by atoms with van der Waals surface area (Å²) in [7, 11) is 2.05. The lowest BCUT2D eigenvalue weighted by atomic mass is 9.88. The second kappa shape index (κ2) is 7.84. The highest BCUT2D eigenvalue weighted by atomic mass is 16.5. The lowest BCUT2D eigenvalue weighted by molar-refractivity contribution is -0.183. The van der Waals surface area contributed by atoms with E-state index in [-0.39, 0.29) is 17.4 Å². The Morgan fingerprint density at radius 3 is 2.50 bits per heavy atom. The third-order valence-electron chi connectivity index (χ3n) is 6.22. The number of likely N-dealkylation sites (N-methyl/N-ethyl adjacent to an activating group) is 1. The molecule has 1 aliphatic carbocycles. The summed E-state index contributed by atoms with van der Waals surface area (Å²) >= 11 is 0. The average Bonchev–Trinajstić information content (AvgIpc) is 3.52. The van der Waals surface area contributed by atoms with Crippen molar-refractivity contribution in [2.24, 2.45) is 5.92 Å². The number of carbonyl (C=O) groups is 2. The highest BCUT2D eigenvalue weighted by Gasteiger charge is 2.45. The van der Waals surface area contributed by atoms with Crippen LogP contribution in [0.15, 0.2) is 24.3 Å². The zero-order chi connectivity index (χ0) is 19.7. The van der Waals surface area contributed by atoms with Gasteiger partial charge in [-0.2, -0.15) is 0 Å². The summed E-state index contributed by atoms with van der Waals surface area (Å²) in [6.07, 6.45) is 3.23. The Bertz CT molecular complexity index is 721. The minimum atomic E-state index is -0.463. The molecular formula is C22H31N3O3. The Balaban J connectivity index is 1.33. The van der Waals surface area contributed by atoms with Gasteiger partial charge in [-0.05, 0) is 45.2 Å². The Hall–Kier alpha value is -1.92. The SMILES string of the molecule is Cc1ccc(CNC(=O)C2CN(C)CC3(CCN(C(=O)C4CC4)CC3)O2)cc1. The van der Waals surface area contributed by atoms with Gasteiger partial charge in [0.2, 0.25) is 5.91 Å². The molecule has 0 aromatic heterocycles. The molecule has 152 valence electrons. The van der Waals surface area contributed by atoms with E-state index in [9.17, 15) is 9.59 Å². The molecule has 6 nitrogen and oxygen atoms in total. The standard InChI is InChI=1S/C22H31N3O3/c1-16-3-5-17(6-4-16)13-23-20(26)19-14-24(2)15-22(28-19)9-11-25(12-10-22)21(27)18-7-8-18/h3-6,18-19H,7-15H2,1-2H3,(H,23,26). The fourth-order valence-electron chi connectivity index (χ4n) is 4.36. The summed E-state index contributed by atoms with van der Waals surface area (Å²) in [4.78, 5) is 29.3. The van der Waals surface area contributed by atoms with Gasteiger partial charge in [0.05, 0.1) is 5.60 Å². The number of benzene rings is 1. The maximum Gasteiger partial charge on any atom is 0.250 e. The van der Waals surface area contributed by atoms with Gasteiger partial charge < -0.3 is 19.9 Å². The van der Waals surface area contributed by atoms with E-state index < -0.39 is 6.10 Å². The van der Waals surface area contributed by atoms with Crippen molar-refractivity contribution < 1.29 is 14.3 Å². The number of likely N-dealkylation sites (tertiary alicyclic amines) is 1. The van der Waals surface area contributed by atoms with E-state index in [0.717, 1.165) is 50.9 Å². The summed E-state index contributed by atoms with van der Waals surface area (Å²) in [5, 5.41) is 3.03. The number of aryl methyl sites for hydroxylation is 1. The van der Waals surface area contributed by atoms with E-state index in [1.165, 1.54) is 5.56 Å². The third kappa shape index (κ3) is 4.39. The number of piperidine rings is 1. The lowest BCUT2D eigenvalue weighted by Crippen LogP contribution is -2.61. The number of hydrogen-bond donors (Lipinski definition) is 1. The van der Waals surface area contributed by atoms with Crippen LogP contribution in [-0.4, -0.2) is 66.5 Å². The number of nitrogens with one attached hydrogen (secondary N) is 1. The van der Waals surface area contributed by atoms with Crippen molar-refractivity contribution in [1.29, 1.82) is 0 Å². The second-order valence-corrected chi connectivity index (χ2v) is 8.79. The molecule has 3 aliphatic rings. The van der Waals surface area contributed by atoms with Crippen LogP contribution in [0.4, 0.5) is 0 Å². The zero-order valence-electron chi connectivity index (χ0n) is 16.9. The van der Waals surface area contributed by atoms with Crippen LogP contribution in [0, 0.1) is 12.8 Å². The number of hydrogen-bond acceptors (Lipinski definition) is 4. The molecule has 1 aromatic rings. The van der Waals surface area contributed by atoms with Crippen molar-refractivity contribution >= 4 is 11.8 Å². The van der Waals surface area contributed by atoms with Crippen LogP contribution in [-0.2, 0) is 20.9 Å². The average molecular weight is 386 g/mol. The molecule has 4 rings (SSSR count). The Morgan fingerprint density at radius 1 is 1.18 bits per heavy atom. The van der Waals surface area contributed by atoms with Crippen molar-refractivity contribution in [1.82, 2.24) is 15.1 Å². The number of ether oxygens (including phenoxy) is 1. The number of amides is 2. The van der Waals surface area contributed by atoms with Crippen LogP contribution >= 0.6 is 0 Å². The first kappa shape index (κ1) is 19.4. The van der Waals surface area contributed by atoms with E-state index in [1.807, 2.05) is 24.1 Å². The quantitative estimate of drug-likeness (QED) is 0.857. The molecular weight excluding hydrogens is 354 g/mol. The monoisotopic (exact) mass is 385 g/mol. The first-order chi connectivity index (χ1) is 13.4. The van der Waals surface area contributed by atoms with E-state index in [1.54, 1.807) is 0 Å². The zero-order valence-corrected chi connectivity index (χ0v) is 16.9. The number of nitrogens with zero attached hydrogens (tertiary/aromatic N) is 2. The van der Waals surface area contributed by atoms with Crippen LogP contribution < -0.4 is 5.32 Å². The van der Waals surface area contributed by atoms with Crippen molar-refractivity contribution in [3.8, 4) is 0 Å².